The van der Waals surface area contributed by atoms with Gasteiger partial charge in [0.2, 0.25) is 5.91 Å². The molecule has 1 N–H and O–H groups in total. The predicted molar refractivity (Wildman–Crippen MR) is 75.9 cm³/mol. The fourth-order valence-corrected chi connectivity index (χ4v) is 2.71. The Hall–Kier alpha value is -1.35. The van der Waals surface area contributed by atoms with Gasteiger partial charge < -0.3 is 10.2 Å². The molecule has 1 atom stereocenters. The molecule has 2 aliphatic carbocycles. The third-order valence-electron chi connectivity index (χ3n) is 4.06. The summed E-state index contributed by atoms with van der Waals surface area (Å²) in [5.41, 5.74) is 1.22. The lowest BCUT2D eigenvalue weighted by atomic mass is 10.0. The maximum atomic E-state index is 12.7. The zero-order chi connectivity index (χ0) is 13.2. The Morgan fingerprint density at radius 1 is 1.21 bits per heavy atom. The molecule has 1 aromatic carbocycles. The second kappa shape index (κ2) is 5.33. The van der Waals surface area contributed by atoms with Crippen molar-refractivity contribution < 1.29 is 4.79 Å². The number of carbonyl (C=O) groups excluding carboxylic acids is 1. The molecule has 0 aromatic heterocycles. The van der Waals surface area contributed by atoms with E-state index in [1.165, 1.54) is 31.2 Å². The predicted octanol–water partition coefficient (Wildman–Crippen LogP) is 1.97. The molecule has 1 aromatic rings. The van der Waals surface area contributed by atoms with Gasteiger partial charge in [-0.25, -0.2) is 0 Å². The van der Waals surface area contributed by atoms with Crippen LogP contribution in [0.25, 0.3) is 0 Å². The van der Waals surface area contributed by atoms with Crippen LogP contribution in [0.2, 0.25) is 0 Å². The summed E-state index contributed by atoms with van der Waals surface area (Å²) in [6, 6.07) is 11.3. The maximum absolute atomic E-state index is 12.7. The Bertz CT molecular complexity index is 425. The molecule has 3 rings (SSSR count). The number of amides is 1. The van der Waals surface area contributed by atoms with Crippen molar-refractivity contribution in [1.82, 2.24) is 10.2 Å². The van der Waals surface area contributed by atoms with Crippen molar-refractivity contribution in [3.8, 4) is 0 Å². The van der Waals surface area contributed by atoms with E-state index in [-0.39, 0.29) is 6.04 Å². The number of hydrogen-bond donors (Lipinski definition) is 1. The molecule has 2 saturated carbocycles. The summed E-state index contributed by atoms with van der Waals surface area (Å²) in [5.74, 6) is 0.302. The van der Waals surface area contributed by atoms with Crippen molar-refractivity contribution in [3.05, 3.63) is 35.9 Å². The van der Waals surface area contributed by atoms with E-state index < -0.39 is 0 Å². The van der Waals surface area contributed by atoms with Gasteiger partial charge in [-0.2, -0.15) is 0 Å². The van der Waals surface area contributed by atoms with Crippen LogP contribution >= 0.6 is 0 Å². The van der Waals surface area contributed by atoms with Crippen LogP contribution in [0.5, 0.6) is 0 Å². The van der Waals surface area contributed by atoms with Crippen molar-refractivity contribution in [2.24, 2.45) is 0 Å². The van der Waals surface area contributed by atoms with Crippen LogP contribution in [-0.2, 0) is 11.2 Å². The largest absolute Gasteiger partial charge is 0.335 e. The monoisotopic (exact) mass is 258 g/mol. The summed E-state index contributed by atoms with van der Waals surface area (Å²) in [7, 11) is 1.89. The lowest BCUT2D eigenvalue weighted by Gasteiger charge is -2.27. The average molecular weight is 258 g/mol. The number of nitrogens with one attached hydrogen (secondary N) is 1. The molecule has 0 bridgehead atoms. The smallest absolute Gasteiger partial charge is 0.240 e. The highest BCUT2D eigenvalue weighted by molar-refractivity contribution is 5.83. The molecule has 19 heavy (non-hydrogen) atoms. The van der Waals surface area contributed by atoms with Crippen molar-refractivity contribution in [2.75, 3.05) is 7.05 Å². The Kier molecular flexibility index (Phi) is 3.56. The minimum Gasteiger partial charge on any atom is -0.335 e. The third kappa shape index (κ3) is 2.98. The first-order valence-electron chi connectivity index (χ1n) is 7.33. The Labute approximate surface area is 115 Å². The fourth-order valence-electron chi connectivity index (χ4n) is 2.71. The van der Waals surface area contributed by atoms with Gasteiger partial charge in [0, 0.05) is 12.1 Å². The second-order valence-corrected chi connectivity index (χ2v) is 5.74. The van der Waals surface area contributed by atoms with Crippen LogP contribution in [0.4, 0.5) is 0 Å². The van der Waals surface area contributed by atoms with Crippen LogP contribution in [0, 0.1) is 0 Å². The molecule has 0 saturated heterocycles. The topological polar surface area (TPSA) is 32.3 Å². The molecule has 102 valence electrons. The molecule has 2 fully saturated rings. The average Bonchev–Trinajstić information content (AvgIpc) is 3.31. The highest BCUT2D eigenvalue weighted by Crippen LogP contribution is 2.37. The molecule has 0 heterocycles. The van der Waals surface area contributed by atoms with E-state index in [0.717, 1.165) is 6.42 Å². The van der Waals surface area contributed by atoms with E-state index in [4.69, 9.17) is 0 Å². The summed E-state index contributed by atoms with van der Waals surface area (Å²) in [6.07, 6.45) is 5.58. The highest BCUT2D eigenvalue weighted by atomic mass is 16.2. The van der Waals surface area contributed by atoms with E-state index >= 15 is 0 Å². The van der Waals surface area contributed by atoms with Crippen LogP contribution in [-0.4, -0.2) is 36.0 Å². The van der Waals surface area contributed by atoms with Gasteiger partial charge in [0.1, 0.15) is 0 Å². The Morgan fingerprint density at radius 3 is 2.26 bits per heavy atom. The van der Waals surface area contributed by atoms with Crippen molar-refractivity contribution in [2.45, 2.75) is 50.2 Å². The number of nitrogens with zero attached hydrogens (tertiary/aromatic N) is 1. The van der Waals surface area contributed by atoms with E-state index in [2.05, 4.69) is 22.3 Å². The minimum atomic E-state index is -0.0800. The SMILES string of the molecule is CN[C@@H](Cc1ccccc1)C(=O)N(C1CC1)C1CC1. The van der Waals surface area contributed by atoms with Gasteiger partial charge >= 0.3 is 0 Å². The number of hydrogen-bond acceptors (Lipinski definition) is 2. The molecular weight excluding hydrogens is 236 g/mol. The Morgan fingerprint density at radius 2 is 1.79 bits per heavy atom. The fraction of sp³-hybridized carbons (Fsp3) is 0.562. The van der Waals surface area contributed by atoms with Gasteiger partial charge in [0.15, 0.2) is 0 Å². The number of benzene rings is 1. The van der Waals surface area contributed by atoms with Crippen molar-refractivity contribution in [1.29, 1.82) is 0 Å². The zero-order valence-electron chi connectivity index (χ0n) is 11.5. The number of likely N-dealkylation sites (N-methyl/N-ethyl adjacent to an activating group) is 1. The van der Waals surface area contributed by atoms with E-state index in [1.54, 1.807) is 0 Å². The summed E-state index contributed by atoms with van der Waals surface area (Å²) in [6.45, 7) is 0. The van der Waals surface area contributed by atoms with Gasteiger partial charge in [-0.3, -0.25) is 4.79 Å². The molecule has 0 unspecified atom stereocenters. The molecule has 3 nitrogen and oxygen atoms in total. The van der Waals surface area contributed by atoms with E-state index in [0.29, 0.717) is 18.0 Å². The summed E-state index contributed by atoms with van der Waals surface area (Å²) < 4.78 is 0. The number of carbonyl (C=O) groups is 1. The maximum Gasteiger partial charge on any atom is 0.240 e. The lowest BCUT2D eigenvalue weighted by molar-refractivity contribution is -0.134. The standard InChI is InChI=1S/C16H22N2O/c1-17-15(11-12-5-3-2-4-6-12)16(19)18(13-7-8-13)14-9-10-14/h2-6,13-15,17H,7-11H2,1H3/t15-/m0/s1. The van der Waals surface area contributed by atoms with Crippen LogP contribution < -0.4 is 5.32 Å². The Balaban J connectivity index is 1.68. The molecule has 3 heteroatoms. The van der Waals surface area contributed by atoms with Gasteiger partial charge in [-0.1, -0.05) is 30.3 Å². The van der Waals surface area contributed by atoms with E-state index in [9.17, 15) is 4.79 Å². The molecule has 1 amide bonds. The number of rotatable bonds is 6. The van der Waals surface area contributed by atoms with E-state index in [1.807, 2.05) is 25.2 Å². The minimum absolute atomic E-state index is 0.0800. The third-order valence-corrected chi connectivity index (χ3v) is 4.06. The van der Waals surface area contributed by atoms with Gasteiger partial charge in [-0.05, 0) is 44.7 Å². The first-order valence-corrected chi connectivity index (χ1v) is 7.33. The van der Waals surface area contributed by atoms with Gasteiger partial charge in [0.25, 0.3) is 0 Å². The first kappa shape index (κ1) is 12.7. The van der Waals surface area contributed by atoms with Crippen molar-refractivity contribution >= 4 is 5.91 Å². The molecule has 0 aliphatic heterocycles. The highest BCUT2D eigenvalue weighted by Gasteiger charge is 2.43. The molecular formula is C16H22N2O. The molecule has 0 radical (unpaired) electrons. The molecule has 0 spiro atoms. The molecule has 2 aliphatic rings. The van der Waals surface area contributed by atoms with Crippen LogP contribution in [0.15, 0.2) is 30.3 Å². The normalized spacial score (nSPS) is 20.1. The summed E-state index contributed by atoms with van der Waals surface area (Å²) in [4.78, 5) is 14.9. The quantitative estimate of drug-likeness (QED) is 0.846. The summed E-state index contributed by atoms with van der Waals surface area (Å²) in [5, 5.41) is 3.20. The summed E-state index contributed by atoms with van der Waals surface area (Å²) >= 11 is 0. The van der Waals surface area contributed by atoms with Crippen molar-refractivity contribution in [3.63, 3.8) is 0 Å². The van der Waals surface area contributed by atoms with Gasteiger partial charge in [0.05, 0.1) is 6.04 Å². The zero-order valence-corrected chi connectivity index (χ0v) is 11.5. The van der Waals surface area contributed by atoms with Crippen LogP contribution in [0.1, 0.15) is 31.2 Å². The first-order chi connectivity index (χ1) is 9.29. The lowest BCUT2D eigenvalue weighted by Crippen LogP contribution is -2.48. The second-order valence-electron chi connectivity index (χ2n) is 5.74. The van der Waals surface area contributed by atoms with Gasteiger partial charge in [-0.15, -0.1) is 0 Å². The van der Waals surface area contributed by atoms with Crippen LogP contribution in [0.3, 0.4) is 0 Å².